The van der Waals surface area contributed by atoms with Gasteiger partial charge in [-0.2, -0.15) is 0 Å². The van der Waals surface area contributed by atoms with Crippen molar-refractivity contribution < 1.29 is 9.32 Å². The van der Waals surface area contributed by atoms with Crippen LogP contribution in [0.25, 0.3) is 0 Å². The molecule has 2 saturated carbocycles. The van der Waals surface area contributed by atoms with E-state index in [0.29, 0.717) is 17.4 Å². The van der Waals surface area contributed by atoms with E-state index >= 15 is 0 Å². The zero-order valence-electron chi connectivity index (χ0n) is 11.0. The van der Waals surface area contributed by atoms with Gasteiger partial charge in [-0.05, 0) is 50.9 Å². The third-order valence-electron chi connectivity index (χ3n) is 4.65. The first-order valence-electron chi connectivity index (χ1n) is 6.87. The molecule has 0 radical (unpaired) electrons. The molecule has 1 aromatic heterocycles. The minimum atomic E-state index is -0.109. The van der Waals surface area contributed by atoms with Gasteiger partial charge in [0.05, 0.1) is 0 Å². The smallest absolute Gasteiger partial charge is 0.273 e. The monoisotopic (exact) mass is 248 g/mol. The summed E-state index contributed by atoms with van der Waals surface area (Å²) >= 11 is 0. The largest absolute Gasteiger partial charge is 0.361 e. The molecular weight excluding hydrogens is 228 g/mol. The summed E-state index contributed by atoms with van der Waals surface area (Å²) < 4.78 is 4.93. The lowest BCUT2D eigenvalue weighted by Gasteiger charge is -2.28. The van der Waals surface area contributed by atoms with Crippen molar-refractivity contribution in [1.82, 2.24) is 10.5 Å². The van der Waals surface area contributed by atoms with Crippen LogP contribution in [-0.4, -0.2) is 17.1 Å². The normalized spacial score (nSPS) is 31.6. The Morgan fingerprint density at radius 2 is 2.33 bits per heavy atom. The topological polar surface area (TPSA) is 55.1 Å². The number of nitrogens with zero attached hydrogens (tertiary/aromatic N) is 1. The van der Waals surface area contributed by atoms with Crippen molar-refractivity contribution in [2.45, 2.75) is 45.6 Å². The van der Waals surface area contributed by atoms with Crippen LogP contribution in [0.4, 0.5) is 0 Å². The number of amides is 1. The van der Waals surface area contributed by atoms with Gasteiger partial charge in [-0.1, -0.05) is 11.6 Å². The van der Waals surface area contributed by atoms with E-state index in [2.05, 4.69) is 17.4 Å². The minimum Gasteiger partial charge on any atom is -0.361 e. The first-order valence-corrected chi connectivity index (χ1v) is 6.87. The van der Waals surface area contributed by atoms with Gasteiger partial charge >= 0.3 is 0 Å². The molecule has 2 aliphatic carbocycles. The van der Waals surface area contributed by atoms with E-state index in [0.717, 1.165) is 11.8 Å². The molecule has 18 heavy (non-hydrogen) atoms. The summed E-state index contributed by atoms with van der Waals surface area (Å²) in [7, 11) is 0. The van der Waals surface area contributed by atoms with Crippen LogP contribution in [0.3, 0.4) is 0 Å². The number of rotatable bonds is 3. The minimum absolute atomic E-state index is 0.109. The molecule has 1 heterocycles. The van der Waals surface area contributed by atoms with Crippen LogP contribution < -0.4 is 5.32 Å². The van der Waals surface area contributed by atoms with Crippen LogP contribution in [0.1, 0.15) is 48.9 Å². The fraction of sp³-hybridized carbons (Fsp3) is 0.714. The lowest BCUT2D eigenvalue weighted by atomic mass is 9.84. The molecule has 98 valence electrons. The second-order valence-corrected chi connectivity index (χ2v) is 5.92. The third kappa shape index (κ3) is 2.04. The van der Waals surface area contributed by atoms with E-state index < -0.39 is 0 Å². The molecule has 2 bridgehead atoms. The van der Waals surface area contributed by atoms with Gasteiger partial charge < -0.3 is 9.84 Å². The Morgan fingerprint density at radius 3 is 2.89 bits per heavy atom. The molecule has 0 aromatic carbocycles. The molecule has 4 heteroatoms. The lowest BCUT2D eigenvalue weighted by molar-refractivity contribution is 0.0906. The molecular formula is C14H20N2O2. The summed E-state index contributed by atoms with van der Waals surface area (Å²) in [5.74, 6) is 2.95. The number of aromatic nitrogens is 1. The molecule has 2 fully saturated rings. The first-order chi connectivity index (χ1) is 8.63. The average Bonchev–Trinajstić information content (AvgIpc) is 3.03. The van der Waals surface area contributed by atoms with Gasteiger partial charge in [0.15, 0.2) is 5.69 Å². The molecule has 4 nitrogen and oxygen atoms in total. The van der Waals surface area contributed by atoms with E-state index in [-0.39, 0.29) is 11.9 Å². The Morgan fingerprint density at radius 1 is 1.50 bits per heavy atom. The van der Waals surface area contributed by atoms with Gasteiger partial charge in [0.25, 0.3) is 5.91 Å². The maximum absolute atomic E-state index is 12.0. The summed E-state index contributed by atoms with van der Waals surface area (Å²) in [4.78, 5) is 12.0. The van der Waals surface area contributed by atoms with Crippen molar-refractivity contribution >= 4 is 5.91 Å². The number of hydrogen-bond acceptors (Lipinski definition) is 3. The molecule has 0 aliphatic heterocycles. The molecule has 1 N–H and O–H groups in total. The van der Waals surface area contributed by atoms with Crippen LogP contribution >= 0.6 is 0 Å². The summed E-state index contributed by atoms with van der Waals surface area (Å²) in [5, 5.41) is 6.83. The predicted molar refractivity (Wildman–Crippen MR) is 67.1 cm³/mol. The fourth-order valence-corrected chi connectivity index (χ4v) is 3.77. The SMILES string of the molecule is Cc1cc(C(=O)N[C@H](C)[C@@H]2C[C@@H]3CC[C@@H]2C3)no1. The fourth-order valence-electron chi connectivity index (χ4n) is 3.77. The average molecular weight is 248 g/mol. The number of carbonyl (C=O) groups excluding carboxylic acids is 1. The van der Waals surface area contributed by atoms with Crippen LogP contribution in [-0.2, 0) is 0 Å². The third-order valence-corrected chi connectivity index (χ3v) is 4.65. The molecule has 4 atom stereocenters. The van der Waals surface area contributed by atoms with E-state index in [1.165, 1.54) is 25.7 Å². The lowest BCUT2D eigenvalue weighted by Crippen LogP contribution is -2.40. The summed E-state index contributed by atoms with van der Waals surface area (Å²) in [6, 6.07) is 1.92. The van der Waals surface area contributed by atoms with Crippen molar-refractivity contribution in [2.75, 3.05) is 0 Å². The summed E-state index contributed by atoms with van der Waals surface area (Å²) in [6.45, 7) is 3.92. The number of aryl methyl sites for hydroxylation is 1. The summed E-state index contributed by atoms with van der Waals surface area (Å²) in [6.07, 6.45) is 5.39. The molecule has 1 aromatic rings. The first kappa shape index (κ1) is 11.8. The Bertz CT molecular complexity index is 454. The van der Waals surface area contributed by atoms with Crippen molar-refractivity contribution in [3.05, 3.63) is 17.5 Å². The van der Waals surface area contributed by atoms with Crippen molar-refractivity contribution in [3.8, 4) is 0 Å². The van der Waals surface area contributed by atoms with Gasteiger partial charge in [-0.25, -0.2) is 0 Å². The molecule has 0 unspecified atom stereocenters. The predicted octanol–water partition coefficient (Wildman–Crippen LogP) is 2.54. The van der Waals surface area contributed by atoms with Gasteiger partial charge in [0.2, 0.25) is 0 Å². The summed E-state index contributed by atoms with van der Waals surface area (Å²) in [5.41, 5.74) is 0.391. The number of nitrogens with one attached hydrogen (secondary N) is 1. The zero-order valence-corrected chi connectivity index (χ0v) is 11.0. The number of carbonyl (C=O) groups is 1. The molecule has 1 amide bonds. The van der Waals surface area contributed by atoms with Crippen LogP contribution in [0, 0.1) is 24.7 Å². The van der Waals surface area contributed by atoms with Gasteiger partial charge in [0, 0.05) is 12.1 Å². The van der Waals surface area contributed by atoms with Crippen molar-refractivity contribution in [1.29, 1.82) is 0 Å². The van der Waals surface area contributed by atoms with Crippen LogP contribution in [0.15, 0.2) is 10.6 Å². The van der Waals surface area contributed by atoms with Crippen LogP contribution in [0.2, 0.25) is 0 Å². The van der Waals surface area contributed by atoms with E-state index in [1.807, 2.05) is 0 Å². The van der Waals surface area contributed by atoms with Gasteiger partial charge in [-0.3, -0.25) is 4.79 Å². The Hall–Kier alpha value is -1.32. The number of hydrogen-bond donors (Lipinski definition) is 1. The molecule has 3 rings (SSSR count). The maximum Gasteiger partial charge on any atom is 0.273 e. The molecule has 2 aliphatic rings. The van der Waals surface area contributed by atoms with Crippen molar-refractivity contribution in [2.24, 2.45) is 17.8 Å². The highest BCUT2D eigenvalue weighted by atomic mass is 16.5. The highest BCUT2D eigenvalue weighted by Gasteiger charge is 2.42. The zero-order chi connectivity index (χ0) is 12.7. The Balaban J connectivity index is 1.61. The second-order valence-electron chi connectivity index (χ2n) is 5.92. The standard InChI is InChI=1S/C14H20N2O2/c1-8-5-13(16-18-8)14(17)15-9(2)12-7-10-3-4-11(12)6-10/h5,9-12H,3-4,6-7H2,1-2H3,(H,15,17)/t9-,10-,11-,12+/m1/s1. The van der Waals surface area contributed by atoms with E-state index in [4.69, 9.17) is 4.52 Å². The van der Waals surface area contributed by atoms with Gasteiger partial charge in [0.1, 0.15) is 5.76 Å². The van der Waals surface area contributed by atoms with Gasteiger partial charge in [-0.15, -0.1) is 0 Å². The Kier molecular flexibility index (Phi) is 2.88. The molecule has 0 spiro atoms. The highest BCUT2D eigenvalue weighted by Crippen LogP contribution is 2.49. The number of fused-ring (bicyclic) bond motifs is 2. The van der Waals surface area contributed by atoms with Crippen LogP contribution in [0.5, 0.6) is 0 Å². The Labute approximate surface area is 107 Å². The maximum atomic E-state index is 12.0. The highest BCUT2D eigenvalue weighted by molar-refractivity contribution is 5.92. The van der Waals surface area contributed by atoms with E-state index in [1.54, 1.807) is 13.0 Å². The molecule has 0 saturated heterocycles. The second kappa shape index (κ2) is 4.41. The quantitative estimate of drug-likeness (QED) is 0.894. The van der Waals surface area contributed by atoms with Crippen molar-refractivity contribution in [3.63, 3.8) is 0 Å². The van der Waals surface area contributed by atoms with E-state index in [9.17, 15) is 4.79 Å².